The fourth-order valence-corrected chi connectivity index (χ4v) is 2.35. The zero-order valence-corrected chi connectivity index (χ0v) is 11.0. The van der Waals surface area contributed by atoms with Crippen molar-refractivity contribution in [2.45, 2.75) is 45.1 Å². The van der Waals surface area contributed by atoms with Gasteiger partial charge < -0.3 is 5.32 Å². The number of aryl methyl sites for hydroxylation is 2. The standard InChI is InChI=1S/C15H21NO/c1-15(2,16-3)14(17)13-9-8-11-6-4-5-7-12(11)10-13/h8-10,16H,4-7H2,1-3H3. The number of carbonyl (C=O) groups excluding carboxylic acids is 1. The number of hydrogen-bond acceptors (Lipinski definition) is 2. The maximum atomic E-state index is 12.3. The van der Waals surface area contributed by atoms with Crippen LogP contribution in [0.25, 0.3) is 0 Å². The molecule has 2 heteroatoms. The molecule has 92 valence electrons. The average molecular weight is 231 g/mol. The lowest BCUT2D eigenvalue weighted by atomic mass is 9.86. The third-order valence-corrected chi connectivity index (χ3v) is 3.80. The van der Waals surface area contributed by atoms with E-state index in [2.05, 4.69) is 17.4 Å². The lowest BCUT2D eigenvalue weighted by Crippen LogP contribution is -2.44. The first-order valence-electron chi connectivity index (χ1n) is 6.40. The number of likely N-dealkylation sites (N-methyl/N-ethyl adjacent to an activating group) is 1. The molecule has 2 nitrogen and oxygen atoms in total. The van der Waals surface area contributed by atoms with Crippen molar-refractivity contribution < 1.29 is 4.79 Å². The van der Waals surface area contributed by atoms with Crippen molar-refractivity contribution in [2.24, 2.45) is 0 Å². The van der Waals surface area contributed by atoms with E-state index in [1.54, 1.807) is 0 Å². The van der Waals surface area contributed by atoms with Crippen LogP contribution in [0.15, 0.2) is 18.2 Å². The third kappa shape index (κ3) is 2.42. The summed E-state index contributed by atoms with van der Waals surface area (Å²) in [6.45, 7) is 3.85. The smallest absolute Gasteiger partial charge is 0.182 e. The molecule has 0 spiro atoms. The van der Waals surface area contributed by atoms with E-state index < -0.39 is 5.54 Å². The first kappa shape index (κ1) is 12.3. The van der Waals surface area contributed by atoms with E-state index in [1.165, 1.54) is 30.4 Å². The second-order valence-corrected chi connectivity index (χ2v) is 5.39. The Hall–Kier alpha value is -1.15. The van der Waals surface area contributed by atoms with Crippen LogP contribution in [0.5, 0.6) is 0 Å². The summed E-state index contributed by atoms with van der Waals surface area (Å²) in [7, 11) is 1.83. The predicted octanol–water partition coefficient (Wildman–Crippen LogP) is 2.75. The van der Waals surface area contributed by atoms with Gasteiger partial charge in [-0.05, 0) is 63.8 Å². The van der Waals surface area contributed by atoms with Gasteiger partial charge in [0, 0.05) is 5.56 Å². The van der Waals surface area contributed by atoms with Crippen molar-refractivity contribution in [3.63, 3.8) is 0 Å². The molecule has 0 radical (unpaired) electrons. The summed E-state index contributed by atoms with van der Waals surface area (Å²) in [5, 5.41) is 3.07. The Labute approximate surface area is 103 Å². The minimum absolute atomic E-state index is 0.174. The molecular weight excluding hydrogens is 210 g/mol. The molecule has 0 saturated carbocycles. The van der Waals surface area contributed by atoms with Gasteiger partial charge in [-0.3, -0.25) is 4.79 Å². The largest absolute Gasteiger partial charge is 0.308 e. The van der Waals surface area contributed by atoms with Crippen LogP contribution in [0.1, 0.15) is 48.2 Å². The van der Waals surface area contributed by atoms with Crippen molar-refractivity contribution in [1.29, 1.82) is 0 Å². The second kappa shape index (κ2) is 4.61. The molecule has 1 aromatic rings. The van der Waals surface area contributed by atoms with E-state index in [-0.39, 0.29) is 5.78 Å². The lowest BCUT2D eigenvalue weighted by molar-refractivity contribution is 0.0889. The Balaban J connectivity index is 2.31. The normalized spacial score (nSPS) is 15.5. The van der Waals surface area contributed by atoms with Gasteiger partial charge in [0.05, 0.1) is 5.54 Å². The highest BCUT2D eigenvalue weighted by Gasteiger charge is 2.27. The van der Waals surface area contributed by atoms with Crippen molar-refractivity contribution in [2.75, 3.05) is 7.05 Å². The van der Waals surface area contributed by atoms with Crippen molar-refractivity contribution in [3.05, 3.63) is 34.9 Å². The van der Waals surface area contributed by atoms with Gasteiger partial charge in [0.2, 0.25) is 0 Å². The summed E-state index contributed by atoms with van der Waals surface area (Å²) in [5.74, 6) is 0.174. The molecular formula is C15H21NO. The van der Waals surface area contributed by atoms with Crippen LogP contribution in [0.4, 0.5) is 0 Å². The van der Waals surface area contributed by atoms with Crippen LogP contribution in [-0.2, 0) is 12.8 Å². The summed E-state index contributed by atoms with van der Waals surface area (Å²) < 4.78 is 0. The first-order chi connectivity index (χ1) is 8.04. The number of Topliss-reactive ketones (excluding diaryl/α,β-unsaturated/α-hetero) is 1. The Bertz CT molecular complexity index is 435. The van der Waals surface area contributed by atoms with Gasteiger partial charge in [0.15, 0.2) is 5.78 Å². The zero-order chi connectivity index (χ0) is 12.5. The quantitative estimate of drug-likeness (QED) is 0.810. The molecule has 1 aliphatic rings. The Morgan fingerprint density at radius 3 is 2.47 bits per heavy atom. The highest BCUT2D eigenvalue weighted by molar-refractivity contribution is 6.02. The van der Waals surface area contributed by atoms with E-state index >= 15 is 0 Å². The molecule has 0 aromatic heterocycles. The van der Waals surface area contributed by atoms with Crippen molar-refractivity contribution in [1.82, 2.24) is 5.32 Å². The molecule has 1 aliphatic carbocycles. The monoisotopic (exact) mass is 231 g/mol. The maximum Gasteiger partial charge on any atom is 0.182 e. The number of benzene rings is 1. The molecule has 1 aromatic carbocycles. The van der Waals surface area contributed by atoms with Gasteiger partial charge in [-0.25, -0.2) is 0 Å². The van der Waals surface area contributed by atoms with Crippen LogP contribution in [-0.4, -0.2) is 18.4 Å². The lowest BCUT2D eigenvalue weighted by Gasteiger charge is -2.23. The molecule has 0 amide bonds. The van der Waals surface area contributed by atoms with Gasteiger partial charge in [-0.2, -0.15) is 0 Å². The van der Waals surface area contributed by atoms with Crippen molar-refractivity contribution in [3.8, 4) is 0 Å². The van der Waals surface area contributed by atoms with E-state index in [0.29, 0.717) is 0 Å². The fourth-order valence-electron chi connectivity index (χ4n) is 2.35. The second-order valence-electron chi connectivity index (χ2n) is 5.39. The molecule has 17 heavy (non-hydrogen) atoms. The average Bonchev–Trinajstić information content (AvgIpc) is 2.37. The molecule has 0 saturated heterocycles. The molecule has 0 bridgehead atoms. The number of carbonyl (C=O) groups is 1. The molecule has 1 N–H and O–H groups in total. The Kier molecular flexibility index (Phi) is 3.34. The number of rotatable bonds is 3. The van der Waals surface area contributed by atoms with E-state index in [0.717, 1.165) is 12.0 Å². The molecule has 0 heterocycles. The Morgan fingerprint density at radius 1 is 1.18 bits per heavy atom. The summed E-state index contributed by atoms with van der Waals surface area (Å²) in [6.07, 6.45) is 4.82. The van der Waals surface area contributed by atoms with Gasteiger partial charge in [-0.15, -0.1) is 0 Å². The number of fused-ring (bicyclic) bond motifs is 1. The first-order valence-corrected chi connectivity index (χ1v) is 6.40. The van der Waals surface area contributed by atoms with E-state index in [1.807, 2.05) is 27.0 Å². The van der Waals surface area contributed by atoms with Crippen molar-refractivity contribution >= 4 is 5.78 Å². The minimum Gasteiger partial charge on any atom is -0.308 e. The molecule has 0 fully saturated rings. The molecule has 0 atom stereocenters. The van der Waals surface area contributed by atoms with E-state index in [9.17, 15) is 4.79 Å². The minimum atomic E-state index is -0.483. The fraction of sp³-hybridized carbons (Fsp3) is 0.533. The predicted molar refractivity (Wildman–Crippen MR) is 70.6 cm³/mol. The molecule has 2 rings (SSSR count). The van der Waals surface area contributed by atoms with Gasteiger partial charge >= 0.3 is 0 Å². The van der Waals surface area contributed by atoms with Crippen LogP contribution < -0.4 is 5.32 Å². The number of ketones is 1. The van der Waals surface area contributed by atoms with Crippen LogP contribution >= 0.6 is 0 Å². The summed E-state index contributed by atoms with van der Waals surface area (Å²) in [6, 6.07) is 6.20. The van der Waals surface area contributed by atoms with Crippen LogP contribution in [0, 0.1) is 0 Å². The molecule has 0 aliphatic heterocycles. The third-order valence-electron chi connectivity index (χ3n) is 3.80. The SMILES string of the molecule is CNC(C)(C)C(=O)c1ccc2c(c1)CCCC2. The maximum absolute atomic E-state index is 12.3. The molecule has 0 unspecified atom stereocenters. The number of hydrogen-bond donors (Lipinski definition) is 1. The van der Waals surface area contributed by atoms with Gasteiger partial charge in [0.25, 0.3) is 0 Å². The topological polar surface area (TPSA) is 29.1 Å². The number of nitrogens with one attached hydrogen (secondary N) is 1. The summed E-state index contributed by atoms with van der Waals surface area (Å²) >= 11 is 0. The summed E-state index contributed by atoms with van der Waals surface area (Å²) in [4.78, 5) is 12.3. The van der Waals surface area contributed by atoms with Gasteiger partial charge in [0.1, 0.15) is 0 Å². The Morgan fingerprint density at radius 2 is 1.82 bits per heavy atom. The highest BCUT2D eigenvalue weighted by atomic mass is 16.1. The van der Waals surface area contributed by atoms with Crippen LogP contribution in [0.2, 0.25) is 0 Å². The zero-order valence-electron chi connectivity index (χ0n) is 11.0. The summed E-state index contributed by atoms with van der Waals surface area (Å²) in [5.41, 5.74) is 3.15. The highest BCUT2D eigenvalue weighted by Crippen LogP contribution is 2.23. The van der Waals surface area contributed by atoms with Gasteiger partial charge in [-0.1, -0.05) is 12.1 Å². The van der Waals surface area contributed by atoms with E-state index in [4.69, 9.17) is 0 Å². The van der Waals surface area contributed by atoms with Crippen LogP contribution in [0.3, 0.4) is 0 Å².